The molecule has 2 aromatic rings. The number of amides is 1. The van der Waals surface area contributed by atoms with Gasteiger partial charge < -0.3 is 9.47 Å². The fourth-order valence-electron chi connectivity index (χ4n) is 3.16. The van der Waals surface area contributed by atoms with E-state index < -0.39 is 5.78 Å². The van der Waals surface area contributed by atoms with Gasteiger partial charge in [0.05, 0.1) is 0 Å². The van der Waals surface area contributed by atoms with Gasteiger partial charge in [-0.05, 0) is 57.0 Å². The molecule has 1 aromatic carbocycles. The summed E-state index contributed by atoms with van der Waals surface area (Å²) in [7, 11) is 0. The van der Waals surface area contributed by atoms with Gasteiger partial charge in [0.25, 0.3) is 11.7 Å². The molecule has 0 aliphatic carbocycles. The number of ketones is 1. The number of carbonyl (C=O) groups excluding carboxylic acids is 2. The second-order valence-electron chi connectivity index (χ2n) is 5.93. The Balaban J connectivity index is 1.95. The Morgan fingerprint density at radius 1 is 1.04 bits per heavy atom. The number of carbonyl (C=O) groups is 2. The molecule has 4 nitrogen and oxygen atoms in total. The lowest BCUT2D eigenvalue weighted by Gasteiger charge is -2.14. The third kappa shape index (κ3) is 2.91. The maximum Gasteiger partial charge on any atom is 0.295 e. The van der Waals surface area contributed by atoms with Crippen molar-refractivity contribution in [3.63, 3.8) is 0 Å². The lowest BCUT2D eigenvalue weighted by atomic mass is 10.1. The van der Waals surface area contributed by atoms with Gasteiger partial charge >= 0.3 is 0 Å². The van der Waals surface area contributed by atoms with Crippen molar-refractivity contribution in [3.8, 4) is 5.69 Å². The van der Waals surface area contributed by atoms with Crippen molar-refractivity contribution in [1.82, 2.24) is 9.47 Å². The number of hydrogen-bond donors (Lipinski definition) is 0. The number of nitrogens with zero attached hydrogens (tertiary/aromatic N) is 2. The topological polar surface area (TPSA) is 42.3 Å². The normalized spacial score (nSPS) is 14.3. The van der Waals surface area contributed by atoms with E-state index in [1.165, 1.54) is 0 Å². The first kappa shape index (κ1) is 15.8. The molecular formula is C18H19ClN2O2. The van der Waals surface area contributed by atoms with E-state index in [9.17, 15) is 9.59 Å². The summed E-state index contributed by atoms with van der Waals surface area (Å²) in [6.45, 7) is 5.16. The first-order valence-corrected chi connectivity index (χ1v) is 8.15. The maximum absolute atomic E-state index is 12.6. The van der Waals surface area contributed by atoms with E-state index in [4.69, 9.17) is 11.6 Å². The van der Waals surface area contributed by atoms with E-state index in [1.54, 1.807) is 11.0 Å². The third-order valence-corrected chi connectivity index (χ3v) is 4.60. The number of Topliss-reactive ketones (excluding diaryl/α,β-unsaturated/α-hetero) is 1. The molecule has 2 heterocycles. The molecule has 1 aromatic heterocycles. The summed E-state index contributed by atoms with van der Waals surface area (Å²) in [5.41, 5.74) is 3.11. The van der Waals surface area contributed by atoms with Crippen LogP contribution in [0.15, 0.2) is 30.3 Å². The lowest BCUT2D eigenvalue weighted by Crippen LogP contribution is -2.34. The van der Waals surface area contributed by atoms with Gasteiger partial charge in [-0.25, -0.2) is 0 Å². The summed E-state index contributed by atoms with van der Waals surface area (Å²) in [5.74, 6) is -0.806. The highest BCUT2D eigenvalue weighted by Gasteiger charge is 2.28. The first-order valence-electron chi connectivity index (χ1n) is 7.77. The highest BCUT2D eigenvalue weighted by Crippen LogP contribution is 2.23. The van der Waals surface area contributed by atoms with Crippen LogP contribution in [-0.2, 0) is 4.79 Å². The molecule has 0 saturated carbocycles. The smallest absolute Gasteiger partial charge is 0.295 e. The Morgan fingerprint density at radius 3 is 2.26 bits per heavy atom. The molecule has 1 aliphatic heterocycles. The van der Waals surface area contributed by atoms with E-state index >= 15 is 0 Å². The number of halogens is 1. The van der Waals surface area contributed by atoms with Crippen LogP contribution in [0.2, 0.25) is 5.02 Å². The fraction of sp³-hybridized carbons (Fsp3) is 0.333. The molecule has 0 radical (unpaired) electrons. The number of likely N-dealkylation sites (tertiary alicyclic amines) is 1. The number of benzene rings is 1. The lowest BCUT2D eigenvalue weighted by molar-refractivity contribution is -0.125. The maximum atomic E-state index is 12.6. The van der Waals surface area contributed by atoms with E-state index in [2.05, 4.69) is 0 Å². The fourth-order valence-corrected chi connectivity index (χ4v) is 3.29. The van der Waals surface area contributed by atoms with Crippen molar-refractivity contribution in [2.45, 2.75) is 26.7 Å². The van der Waals surface area contributed by atoms with Crippen LogP contribution in [0.5, 0.6) is 0 Å². The zero-order valence-electron chi connectivity index (χ0n) is 13.3. The molecule has 0 unspecified atom stereocenters. The highest BCUT2D eigenvalue weighted by atomic mass is 35.5. The molecule has 0 atom stereocenters. The number of hydrogen-bond acceptors (Lipinski definition) is 2. The van der Waals surface area contributed by atoms with E-state index in [0.717, 1.165) is 29.9 Å². The van der Waals surface area contributed by atoms with Gasteiger partial charge in [0, 0.05) is 40.8 Å². The summed E-state index contributed by atoms with van der Waals surface area (Å²) < 4.78 is 1.97. The Kier molecular flexibility index (Phi) is 4.26. The molecule has 5 heteroatoms. The molecule has 0 N–H and O–H groups in total. The first-order chi connectivity index (χ1) is 11.0. The average Bonchev–Trinajstić information content (AvgIpc) is 3.16. The van der Waals surface area contributed by atoms with Gasteiger partial charge in [0.1, 0.15) is 0 Å². The summed E-state index contributed by atoms with van der Waals surface area (Å²) >= 11 is 5.94. The van der Waals surface area contributed by atoms with Crippen molar-refractivity contribution in [3.05, 3.63) is 52.3 Å². The van der Waals surface area contributed by atoms with Gasteiger partial charge in [-0.3, -0.25) is 9.59 Å². The van der Waals surface area contributed by atoms with Crippen LogP contribution >= 0.6 is 11.6 Å². The van der Waals surface area contributed by atoms with E-state index in [0.29, 0.717) is 23.7 Å². The summed E-state index contributed by atoms with van der Waals surface area (Å²) in [6.07, 6.45) is 1.95. The van der Waals surface area contributed by atoms with Crippen LogP contribution in [0.3, 0.4) is 0 Å². The molecule has 23 heavy (non-hydrogen) atoms. The number of aryl methyl sites for hydroxylation is 1. The van der Waals surface area contributed by atoms with Gasteiger partial charge in [0.2, 0.25) is 0 Å². The van der Waals surface area contributed by atoms with Gasteiger partial charge in [-0.2, -0.15) is 0 Å². The zero-order valence-corrected chi connectivity index (χ0v) is 14.1. The monoisotopic (exact) mass is 330 g/mol. The van der Waals surface area contributed by atoms with Crippen LogP contribution in [0, 0.1) is 13.8 Å². The Labute approximate surface area is 140 Å². The Hall–Kier alpha value is -2.07. The molecule has 1 saturated heterocycles. The average molecular weight is 331 g/mol. The van der Waals surface area contributed by atoms with E-state index in [-0.39, 0.29) is 5.91 Å². The predicted molar refractivity (Wildman–Crippen MR) is 90.4 cm³/mol. The highest BCUT2D eigenvalue weighted by molar-refractivity contribution is 6.43. The largest absolute Gasteiger partial charge is 0.336 e. The second-order valence-corrected chi connectivity index (χ2v) is 6.36. The molecule has 1 amide bonds. The van der Waals surface area contributed by atoms with Crippen molar-refractivity contribution in [2.24, 2.45) is 0 Å². The number of aromatic nitrogens is 1. The Morgan fingerprint density at radius 2 is 1.65 bits per heavy atom. The van der Waals surface area contributed by atoms with Gasteiger partial charge in [-0.15, -0.1) is 0 Å². The Bertz CT molecular complexity index is 756. The molecule has 0 spiro atoms. The minimum atomic E-state index is -0.416. The van der Waals surface area contributed by atoms with Gasteiger partial charge in [0.15, 0.2) is 0 Å². The quantitative estimate of drug-likeness (QED) is 0.638. The van der Waals surface area contributed by atoms with Crippen molar-refractivity contribution >= 4 is 23.3 Å². The predicted octanol–water partition coefficient (Wildman–Crippen LogP) is 3.55. The summed E-state index contributed by atoms with van der Waals surface area (Å²) in [5, 5.41) is 0.664. The van der Waals surface area contributed by atoms with Crippen molar-refractivity contribution < 1.29 is 9.59 Å². The minimum absolute atomic E-state index is 0.390. The molecular weight excluding hydrogens is 312 g/mol. The summed E-state index contributed by atoms with van der Waals surface area (Å²) in [6, 6.07) is 9.22. The second kappa shape index (κ2) is 6.20. The van der Waals surface area contributed by atoms with Crippen LogP contribution in [0.4, 0.5) is 0 Å². The van der Waals surface area contributed by atoms with Crippen LogP contribution in [0.25, 0.3) is 5.69 Å². The van der Waals surface area contributed by atoms with Crippen LogP contribution < -0.4 is 0 Å². The molecule has 120 valence electrons. The number of rotatable bonds is 3. The third-order valence-electron chi connectivity index (χ3n) is 4.35. The standard InChI is InChI=1S/C18H19ClN2O2/c1-12-11-16(17(22)18(23)20-9-3-4-10-20)13(2)21(12)15-7-5-14(19)6-8-15/h5-8,11H,3-4,9-10H2,1-2H3. The molecule has 1 fully saturated rings. The van der Waals surface area contributed by atoms with Crippen LogP contribution in [-0.4, -0.2) is 34.2 Å². The summed E-state index contributed by atoms with van der Waals surface area (Å²) in [4.78, 5) is 26.6. The van der Waals surface area contributed by atoms with Crippen LogP contribution in [0.1, 0.15) is 34.6 Å². The van der Waals surface area contributed by atoms with E-state index in [1.807, 2.05) is 42.7 Å². The van der Waals surface area contributed by atoms with Crippen molar-refractivity contribution in [2.75, 3.05) is 13.1 Å². The SMILES string of the molecule is Cc1cc(C(=O)C(=O)N2CCCC2)c(C)n1-c1ccc(Cl)cc1. The van der Waals surface area contributed by atoms with Gasteiger partial charge in [-0.1, -0.05) is 11.6 Å². The van der Waals surface area contributed by atoms with Crippen molar-refractivity contribution in [1.29, 1.82) is 0 Å². The molecule has 3 rings (SSSR count). The molecule has 1 aliphatic rings. The minimum Gasteiger partial charge on any atom is -0.336 e. The molecule has 0 bridgehead atoms. The zero-order chi connectivity index (χ0) is 16.6.